The second kappa shape index (κ2) is 6.51. The van der Waals surface area contributed by atoms with Crippen LogP contribution in [0.2, 0.25) is 0 Å². The third kappa shape index (κ3) is 3.94. The third-order valence-corrected chi connectivity index (χ3v) is 4.01. The summed E-state index contributed by atoms with van der Waals surface area (Å²) in [6, 6.07) is 0. The van der Waals surface area contributed by atoms with Crippen molar-refractivity contribution in [1.82, 2.24) is 10.6 Å². The SMILES string of the molecule is O=C(CNC(=O)[C@@H]1OC(=O)[C@H]1P)N[C@@H](P)C(=O)P. The smallest absolute Gasteiger partial charge is 0.317 e. The first-order chi connectivity index (χ1) is 8.32. The highest BCUT2D eigenvalue weighted by molar-refractivity contribution is 7.43. The number of rotatable bonds is 5. The number of carbonyl (C=O) groups excluding carboxylic acids is 4. The molecule has 0 aromatic carbocycles. The van der Waals surface area contributed by atoms with E-state index in [-0.39, 0.29) is 12.1 Å². The molecule has 1 fully saturated rings. The summed E-state index contributed by atoms with van der Waals surface area (Å²) in [4.78, 5) is 44.4. The minimum Gasteiger partial charge on any atom is -0.450 e. The van der Waals surface area contributed by atoms with Gasteiger partial charge < -0.3 is 15.4 Å². The van der Waals surface area contributed by atoms with Gasteiger partial charge >= 0.3 is 5.97 Å². The summed E-state index contributed by atoms with van der Waals surface area (Å²) in [6.07, 6.45) is -0.870. The number of hydrogen-bond acceptors (Lipinski definition) is 5. The van der Waals surface area contributed by atoms with Gasteiger partial charge in [0.15, 0.2) is 11.6 Å². The molecule has 1 aliphatic rings. The Kier molecular flexibility index (Phi) is 5.58. The summed E-state index contributed by atoms with van der Waals surface area (Å²) in [5, 5.41) is 4.67. The average molecular weight is 310 g/mol. The quantitative estimate of drug-likeness (QED) is 0.451. The minimum absolute atomic E-state index is 0.285. The molecule has 1 heterocycles. The molecule has 100 valence electrons. The van der Waals surface area contributed by atoms with Crippen LogP contribution in [0.1, 0.15) is 0 Å². The monoisotopic (exact) mass is 310 g/mol. The summed E-state index contributed by atoms with van der Waals surface area (Å²) in [5.74, 6) is -2.23. The molecule has 1 aliphatic heterocycles. The van der Waals surface area contributed by atoms with Crippen molar-refractivity contribution in [3.05, 3.63) is 0 Å². The van der Waals surface area contributed by atoms with Crippen molar-refractivity contribution in [2.45, 2.75) is 17.5 Å². The Labute approximate surface area is 110 Å². The Morgan fingerprint density at radius 3 is 2.44 bits per heavy atom. The Hall–Kier alpha value is -0.630. The summed E-state index contributed by atoms with van der Waals surface area (Å²) in [5.41, 5.74) is -0.867. The van der Waals surface area contributed by atoms with E-state index >= 15 is 0 Å². The van der Waals surface area contributed by atoms with E-state index in [0.29, 0.717) is 0 Å². The van der Waals surface area contributed by atoms with E-state index in [2.05, 4.69) is 33.9 Å². The van der Waals surface area contributed by atoms with E-state index in [4.69, 9.17) is 0 Å². The van der Waals surface area contributed by atoms with Crippen LogP contribution in [0.4, 0.5) is 0 Å². The first-order valence-electron chi connectivity index (χ1n) is 4.91. The molecule has 3 unspecified atom stereocenters. The van der Waals surface area contributed by atoms with E-state index in [1.54, 1.807) is 0 Å². The minimum atomic E-state index is -0.870. The van der Waals surface area contributed by atoms with Crippen LogP contribution in [-0.2, 0) is 23.9 Å². The highest BCUT2D eigenvalue weighted by atomic mass is 31.0. The number of nitrogens with one attached hydrogen (secondary N) is 2. The fourth-order valence-electron chi connectivity index (χ4n) is 1.11. The van der Waals surface area contributed by atoms with Crippen LogP contribution in [0.5, 0.6) is 0 Å². The molecule has 0 spiro atoms. The van der Waals surface area contributed by atoms with Gasteiger partial charge in [-0.15, -0.1) is 18.5 Å². The van der Waals surface area contributed by atoms with Gasteiger partial charge in [-0.1, -0.05) is 9.24 Å². The van der Waals surface area contributed by atoms with Gasteiger partial charge in [0.05, 0.1) is 6.54 Å². The fraction of sp³-hybridized carbons (Fsp3) is 0.500. The van der Waals surface area contributed by atoms with Gasteiger partial charge in [-0.25, -0.2) is 0 Å². The third-order valence-electron chi connectivity index (χ3n) is 2.15. The molecular weight excluding hydrogens is 297 g/mol. The molecule has 2 amide bonds. The molecule has 0 bridgehead atoms. The highest BCUT2D eigenvalue weighted by Gasteiger charge is 2.44. The second-order valence-electron chi connectivity index (χ2n) is 3.55. The zero-order valence-electron chi connectivity index (χ0n) is 9.21. The number of esters is 1. The van der Waals surface area contributed by atoms with Crippen LogP contribution in [-0.4, -0.2) is 47.4 Å². The lowest BCUT2D eigenvalue weighted by Crippen LogP contribution is -2.56. The van der Waals surface area contributed by atoms with Gasteiger partial charge in [0.25, 0.3) is 5.91 Å². The molecule has 2 N–H and O–H groups in total. The molecule has 0 aliphatic carbocycles. The van der Waals surface area contributed by atoms with Crippen molar-refractivity contribution in [2.24, 2.45) is 0 Å². The predicted octanol–water partition coefficient (Wildman–Crippen LogP) is -2.01. The maximum atomic E-state index is 11.4. The van der Waals surface area contributed by atoms with E-state index in [1.165, 1.54) is 0 Å². The number of amides is 2. The predicted molar refractivity (Wildman–Crippen MR) is 72.7 cm³/mol. The van der Waals surface area contributed by atoms with Crippen molar-refractivity contribution in [1.29, 1.82) is 0 Å². The summed E-state index contributed by atoms with van der Waals surface area (Å²) < 4.78 is 4.60. The second-order valence-corrected chi connectivity index (χ2v) is 5.50. The molecule has 0 aromatic rings. The number of cyclic esters (lactones) is 1. The van der Waals surface area contributed by atoms with Crippen LogP contribution < -0.4 is 10.6 Å². The van der Waals surface area contributed by atoms with Gasteiger partial charge in [-0.05, 0) is 0 Å². The highest BCUT2D eigenvalue weighted by Crippen LogP contribution is 2.22. The van der Waals surface area contributed by atoms with Crippen molar-refractivity contribution in [3.8, 4) is 0 Å². The molecule has 18 heavy (non-hydrogen) atoms. The summed E-state index contributed by atoms with van der Waals surface area (Å²) in [7, 11) is 6.28. The summed E-state index contributed by atoms with van der Waals surface area (Å²) >= 11 is 0. The van der Waals surface area contributed by atoms with E-state index in [1.807, 2.05) is 9.24 Å². The van der Waals surface area contributed by atoms with Gasteiger partial charge in [0.1, 0.15) is 11.4 Å². The van der Waals surface area contributed by atoms with Crippen molar-refractivity contribution >= 4 is 51.0 Å². The first kappa shape index (κ1) is 15.4. The van der Waals surface area contributed by atoms with Crippen molar-refractivity contribution < 1.29 is 23.9 Å². The van der Waals surface area contributed by atoms with E-state index in [0.717, 1.165) is 0 Å². The topological polar surface area (TPSA) is 102 Å². The average Bonchev–Trinajstić information content (AvgIpc) is 2.32. The maximum absolute atomic E-state index is 11.4. The van der Waals surface area contributed by atoms with Crippen LogP contribution in [0, 0.1) is 0 Å². The van der Waals surface area contributed by atoms with Crippen LogP contribution in [0.25, 0.3) is 0 Å². The largest absolute Gasteiger partial charge is 0.450 e. The standard InChI is InChI=1S/C8H13N2O5P3/c11-2(10-6(17)8(14)18)1-9-5(12)3-4(16)7(13)15-3/h3-4,6H,1,16-18H2,(H,9,12)(H,10,11)/t3-,4+,6+/m1/s1. The molecule has 10 heteroatoms. The van der Waals surface area contributed by atoms with Gasteiger partial charge in [-0.2, -0.15) is 0 Å². The number of carbonyl (C=O) groups is 4. The van der Waals surface area contributed by atoms with Gasteiger partial charge in [0, 0.05) is 0 Å². The lowest BCUT2D eigenvalue weighted by Gasteiger charge is -2.30. The molecule has 6 atom stereocenters. The molecule has 0 radical (unpaired) electrons. The molecule has 1 rings (SSSR count). The zero-order valence-corrected chi connectivity index (χ0v) is 12.7. The van der Waals surface area contributed by atoms with Crippen LogP contribution in [0.3, 0.4) is 0 Å². The van der Waals surface area contributed by atoms with Gasteiger partial charge in [0.2, 0.25) is 5.91 Å². The lowest BCUT2D eigenvalue weighted by molar-refractivity contribution is -0.173. The first-order valence-corrected chi connectivity index (χ1v) is 6.82. The molecule has 7 nitrogen and oxygen atoms in total. The molecule has 0 saturated carbocycles. The fourth-order valence-corrected chi connectivity index (χ4v) is 1.71. The molecular formula is C8H13N2O5P3. The molecule has 0 aromatic heterocycles. The maximum Gasteiger partial charge on any atom is 0.317 e. The summed E-state index contributed by atoms with van der Waals surface area (Å²) in [6.45, 7) is -0.285. The Morgan fingerprint density at radius 1 is 1.39 bits per heavy atom. The Morgan fingerprint density at radius 2 is 2.00 bits per heavy atom. The zero-order chi connectivity index (χ0) is 13.9. The van der Waals surface area contributed by atoms with Crippen LogP contribution in [0.15, 0.2) is 0 Å². The van der Waals surface area contributed by atoms with Crippen molar-refractivity contribution in [2.75, 3.05) is 6.54 Å². The lowest BCUT2D eigenvalue weighted by atomic mass is 10.1. The van der Waals surface area contributed by atoms with Crippen LogP contribution >= 0.6 is 27.7 Å². The molecule has 1 saturated heterocycles. The normalized spacial score (nSPS) is 23.4. The number of hydrogen-bond donors (Lipinski definition) is 2. The van der Waals surface area contributed by atoms with E-state index < -0.39 is 35.3 Å². The Balaban J connectivity index is 2.29. The Bertz CT molecular complexity index is 402. The van der Waals surface area contributed by atoms with Crippen molar-refractivity contribution in [3.63, 3.8) is 0 Å². The van der Waals surface area contributed by atoms with E-state index in [9.17, 15) is 19.2 Å². The number of ether oxygens (including phenoxy) is 1. The van der Waals surface area contributed by atoms with Gasteiger partial charge in [-0.3, -0.25) is 19.2 Å².